The van der Waals surface area contributed by atoms with Crippen molar-refractivity contribution in [2.75, 3.05) is 5.75 Å². The molecule has 0 aliphatic carbocycles. The highest BCUT2D eigenvalue weighted by Crippen LogP contribution is 2.11. The van der Waals surface area contributed by atoms with E-state index in [0.717, 1.165) is 12.2 Å². The average molecular weight is 204 g/mol. The molecule has 0 aromatic heterocycles. The summed E-state index contributed by atoms with van der Waals surface area (Å²) >= 11 is 1.27. The minimum atomic E-state index is -0.754. The van der Waals surface area contributed by atoms with Crippen LogP contribution in [0, 0.1) is 0 Å². The van der Waals surface area contributed by atoms with Crippen molar-refractivity contribution < 1.29 is 9.90 Å². The summed E-state index contributed by atoms with van der Waals surface area (Å²) in [6, 6.07) is 0. The van der Waals surface area contributed by atoms with Crippen LogP contribution in [0.1, 0.15) is 46.0 Å². The number of rotatable bonds is 7. The van der Waals surface area contributed by atoms with Crippen molar-refractivity contribution in [2.45, 2.75) is 52.1 Å². The lowest BCUT2D eigenvalue weighted by Crippen LogP contribution is -2.15. The van der Waals surface area contributed by atoms with Crippen LogP contribution in [-0.4, -0.2) is 22.1 Å². The van der Waals surface area contributed by atoms with E-state index in [1.54, 1.807) is 0 Å². The van der Waals surface area contributed by atoms with E-state index >= 15 is 0 Å². The quantitative estimate of drug-likeness (QED) is 0.648. The number of carbonyl (C=O) groups is 1. The van der Waals surface area contributed by atoms with Crippen LogP contribution in [0.4, 0.5) is 0 Å². The van der Waals surface area contributed by atoms with Gasteiger partial charge in [0.1, 0.15) is 6.10 Å². The van der Waals surface area contributed by atoms with Gasteiger partial charge in [-0.05, 0) is 12.8 Å². The Labute approximate surface area is 85.1 Å². The molecule has 0 amide bonds. The molecule has 0 aromatic rings. The Morgan fingerprint density at radius 3 is 2.54 bits per heavy atom. The number of thioether (sulfide) groups is 1. The zero-order chi connectivity index (χ0) is 10.1. The Morgan fingerprint density at radius 2 is 2.00 bits per heavy atom. The summed E-state index contributed by atoms with van der Waals surface area (Å²) in [5, 5.41) is 9.09. The molecule has 0 saturated carbocycles. The Balaban J connectivity index is 3.27. The molecule has 78 valence electrons. The van der Waals surface area contributed by atoms with Crippen molar-refractivity contribution in [3.63, 3.8) is 0 Å². The van der Waals surface area contributed by atoms with Crippen LogP contribution in [0.3, 0.4) is 0 Å². The largest absolute Gasteiger partial charge is 0.384 e. The molecular formula is C10H20O2S. The van der Waals surface area contributed by atoms with Crippen molar-refractivity contribution in [1.82, 2.24) is 0 Å². The van der Waals surface area contributed by atoms with Crippen molar-refractivity contribution in [3.05, 3.63) is 0 Å². The third-order valence-electron chi connectivity index (χ3n) is 1.90. The van der Waals surface area contributed by atoms with Crippen molar-refractivity contribution in [2.24, 2.45) is 0 Å². The first kappa shape index (κ1) is 13.0. The molecule has 2 nitrogen and oxygen atoms in total. The van der Waals surface area contributed by atoms with Gasteiger partial charge in [-0.25, -0.2) is 0 Å². The van der Waals surface area contributed by atoms with Crippen LogP contribution in [0.5, 0.6) is 0 Å². The van der Waals surface area contributed by atoms with E-state index in [-0.39, 0.29) is 5.12 Å². The second-order valence-corrected chi connectivity index (χ2v) is 4.25. The first-order valence-corrected chi connectivity index (χ1v) is 6.05. The van der Waals surface area contributed by atoms with Crippen molar-refractivity contribution in [1.29, 1.82) is 0 Å². The standard InChI is InChI=1S/C10H20O2S/c1-3-5-6-7-8-13-10(12)9(11)4-2/h9,11H,3-8H2,1-2H3. The van der Waals surface area contributed by atoms with E-state index in [4.69, 9.17) is 5.11 Å². The van der Waals surface area contributed by atoms with Crippen LogP contribution < -0.4 is 0 Å². The monoisotopic (exact) mass is 204 g/mol. The van der Waals surface area contributed by atoms with Crippen LogP contribution >= 0.6 is 11.8 Å². The van der Waals surface area contributed by atoms with Crippen LogP contribution in [0.15, 0.2) is 0 Å². The fraction of sp³-hybridized carbons (Fsp3) is 0.900. The van der Waals surface area contributed by atoms with Gasteiger partial charge in [0.15, 0.2) is 0 Å². The summed E-state index contributed by atoms with van der Waals surface area (Å²) in [6.07, 6.45) is 4.51. The van der Waals surface area contributed by atoms with Gasteiger partial charge in [0, 0.05) is 5.75 Å². The summed E-state index contributed by atoms with van der Waals surface area (Å²) in [4.78, 5) is 11.1. The van der Waals surface area contributed by atoms with Gasteiger partial charge in [-0.3, -0.25) is 4.79 Å². The second-order valence-electron chi connectivity index (χ2n) is 3.15. The third kappa shape index (κ3) is 7.08. The Kier molecular flexibility index (Phi) is 8.56. The van der Waals surface area contributed by atoms with E-state index in [1.165, 1.54) is 31.0 Å². The molecule has 0 rings (SSSR count). The van der Waals surface area contributed by atoms with E-state index in [1.807, 2.05) is 6.92 Å². The number of aliphatic hydroxyl groups excluding tert-OH is 1. The summed E-state index contributed by atoms with van der Waals surface area (Å²) in [7, 11) is 0. The first-order chi connectivity index (χ1) is 6.22. The molecule has 1 atom stereocenters. The topological polar surface area (TPSA) is 37.3 Å². The first-order valence-electron chi connectivity index (χ1n) is 5.07. The highest BCUT2D eigenvalue weighted by Gasteiger charge is 2.11. The van der Waals surface area contributed by atoms with Gasteiger partial charge in [0.25, 0.3) is 0 Å². The number of aliphatic hydroxyl groups is 1. The average Bonchev–Trinajstić information content (AvgIpc) is 2.16. The molecule has 0 aliphatic rings. The molecule has 1 unspecified atom stereocenters. The molecule has 0 fully saturated rings. The Morgan fingerprint density at radius 1 is 1.31 bits per heavy atom. The summed E-state index contributed by atoms with van der Waals surface area (Å²) in [5.74, 6) is 0.857. The molecular weight excluding hydrogens is 184 g/mol. The van der Waals surface area contributed by atoms with E-state index in [0.29, 0.717) is 6.42 Å². The predicted octanol–water partition coefficient (Wildman–Crippen LogP) is 2.60. The van der Waals surface area contributed by atoms with Crippen LogP contribution in [0.2, 0.25) is 0 Å². The summed E-state index contributed by atoms with van der Waals surface area (Å²) < 4.78 is 0. The molecule has 13 heavy (non-hydrogen) atoms. The Hall–Kier alpha value is -0.0200. The lowest BCUT2D eigenvalue weighted by molar-refractivity contribution is -0.118. The highest BCUT2D eigenvalue weighted by molar-refractivity contribution is 8.13. The van der Waals surface area contributed by atoms with Gasteiger partial charge in [-0.15, -0.1) is 0 Å². The van der Waals surface area contributed by atoms with Gasteiger partial charge in [0.05, 0.1) is 0 Å². The molecule has 0 heterocycles. The zero-order valence-electron chi connectivity index (χ0n) is 8.58. The third-order valence-corrected chi connectivity index (χ3v) is 2.95. The lowest BCUT2D eigenvalue weighted by Gasteiger charge is -2.05. The molecule has 0 aromatic carbocycles. The van der Waals surface area contributed by atoms with Gasteiger partial charge in [-0.1, -0.05) is 44.9 Å². The van der Waals surface area contributed by atoms with E-state index < -0.39 is 6.10 Å². The maximum atomic E-state index is 11.1. The SMILES string of the molecule is CCCCCCSC(=O)C(O)CC. The molecule has 0 aliphatic heterocycles. The molecule has 0 radical (unpaired) electrons. The van der Waals surface area contributed by atoms with Crippen molar-refractivity contribution in [3.8, 4) is 0 Å². The van der Waals surface area contributed by atoms with Gasteiger partial charge < -0.3 is 5.11 Å². The number of hydrogen-bond acceptors (Lipinski definition) is 3. The van der Waals surface area contributed by atoms with Crippen molar-refractivity contribution >= 4 is 16.9 Å². The van der Waals surface area contributed by atoms with E-state index in [9.17, 15) is 4.79 Å². The predicted molar refractivity (Wildman–Crippen MR) is 57.9 cm³/mol. The van der Waals surface area contributed by atoms with Gasteiger partial charge in [0.2, 0.25) is 5.12 Å². The number of unbranched alkanes of at least 4 members (excludes halogenated alkanes) is 3. The highest BCUT2D eigenvalue weighted by atomic mass is 32.2. The number of carbonyl (C=O) groups excluding carboxylic acids is 1. The van der Waals surface area contributed by atoms with Crippen LogP contribution in [0.25, 0.3) is 0 Å². The maximum Gasteiger partial charge on any atom is 0.217 e. The molecule has 0 bridgehead atoms. The second kappa shape index (κ2) is 8.57. The lowest BCUT2D eigenvalue weighted by atomic mass is 10.2. The fourth-order valence-electron chi connectivity index (χ4n) is 0.964. The Bertz CT molecular complexity index is 137. The molecule has 0 saturated heterocycles. The zero-order valence-corrected chi connectivity index (χ0v) is 9.40. The smallest absolute Gasteiger partial charge is 0.217 e. The van der Waals surface area contributed by atoms with Gasteiger partial charge >= 0.3 is 0 Å². The molecule has 1 N–H and O–H groups in total. The molecule has 3 heteroatoms. The van der Waals surface area contributed by atoms with Crippen LogP contribution in [-0.2, 0) is 4.79 Å². The maximum absolute atomic E-state index is 11.1. The fourth-order valence-corrected chi connectivity index (χ4v) is 1.87. The minimum absolute atomic E-state index is 0.0704. The molecule has 0 spiro atoms. The summed E-state index contributed by atoms with van der Waals surface area (Å²) in [5.41, 5.74) is 0. The van der Waals surface area contributed by atoms with E-state index in [2.05, 4.69) is 6.92 Å². The number of hydrogen-bond donors (Lipinski definition) is 1. The normalized spacial score (nSPS) is 12.8. The minimum Gasteiger partial charge on any atom is -0.384 e. The summed E-state index contributed by atoms with van der Waals surface area (Å²) in [6.45, 7) is 3.99. The van der Waals surface area contributed by atoms with Gasteiger partial charge in [-0.2, -0.15) is 0 Å².